The normalized spacial score (nSPS) is 15.4. The van der Waals surface area contributed by atoms with Crippen LogP contribution in [0.2, 0.25) is 0 Å². The lowest BCUT2D eigenvalue weighted by molar-refractivity contribution is -0.137. The van der Waals surface area contributed by atoms with Crippen molar-refractivity contribution in [1.29, 1.82) is 0 Å². The number of nitrogens with one attached hydrogen (secondary N) is 3. The lowest BCUT2D eigenvalue weighted by atomic mass is 9.89. The number of nitrogens with zero attached hydrogens (tertiary/aromatic N) is 2. The van der Waals surface area contributed by atoms with Gasteiger partial charge >= 0.3 is 6.03 Å². The van der Waals surface area contributed by atoms with Gasteiger partial charge in [0.2, 0.25) is 5.91 Å². The van der Waals surface area contributed by atoms with Gasteiger partial charge in [0.15, 0.2) is 0 Å². The van der Waals surface area contributed by atoms with Crippen LogP contribution in [0.1, 0.15) is 39.2 Å². The van der Waals surface area contributed by atoms with E-state index in [4.69, 9.17) is 9.47 Å². The molecule has 0 aliphatic carbocycles. The van der Waals surface area contributed by atoms with Crippen molar-refractivity contribution < 1.29 is 28.7 Å². The largest absolute Gasteiger partial charge is 0.496 e. The maximum Gasteiger partial charge on any atom is 0.319 e. The van der Waals surface area contributed by atoms with Gasteiger partial charge in [-0.2, -0.15) is 0 Å². The van der Waals surface area contributed by atoms with Crippen LogP contribution in [-0.4, -0.2) is 87.5 Å². The molecule has 3 N–H and O–H groups in total. The van der Waals surface area contributed by atoms with Crippen LogP contribution in [-0.2, 0) is 24.7 Å². The molecule has 0 aromatic heterocycles. The van der Waals surface area contributed by atoms with Gasteiger partial charge in [-0.15, -0.1) is 0 Å². The van der Waals surface area contributed by atoms with Crippen molar-refractivity contribution in [1.82, 2.24) is 20.4 Å². The van der Waals surface area contributed by atoms with Gasteiger partial charge in [0, 0.05) is 51.0 Å². The number of amides is 5. The Morgan fingerprint density at radius 3 is 2.42 bits per heavy atom. The van der Waals surface area contributed by atoms with E-state index in [9.17, 15) is 19.2 Å². The van der Waals surface area contributed by atoms with Crippen molar-refractivity contribution >= 4 is 29.4 Å². The van der Waals surface area contributed by atoms with Crippen molar-refractivity contribution in [3.8, 4) is 5.75 Å². The Bertz CT molecular complexity index is 1010. The van der Waals surface area contributed by atoms with Gasteiger partial charge in [-0.05, 0) is 38.4 Å². The summed E-state index contributed by atoms with van der Waals surface area (Å²) in [6.45, 7) is 7.96. The van der Waals surface area contributed by atoms with Gasteiger partial charge in [-0.3, -0.25) is 19.3 Å². The Morgan fingerprint density at radius 2 is 1.82 bits per heavy atom. The van der Waals surface area contributed by atoms with E-state index < -0.39 is 29.4 Å². The van der Waals surface area contributed by atoms with Gasteiger partial charge in [0.05, 0.1) is 24.9 Å². The van der Waals surface area contributed by atoms with Crippen LogP contribution in [0, 0.1) is 5.92 Å². The van der Waals surface area contributed by atoms with Gasteiger partial charge in [0.1, 0.15) is 5.75 Å². The minimum Gasteiger partial charge on any atom is -0.496 e. The smallest absolute Gasteiger partial charge is 0.319 e. The first-order valence-electron chi connectivity index (χ1n) is 12.8. The number of hydrogen-bond acceptors (Lipinski definition) is 7. The summed E-state index contributed by atoms with van der Waals surface area (Å²) in [4.78, 5) is 51.3. The third-order valence-corrected chi connectivity index (χ3v) is 6.73. The first-order chi connectivity index (χ1) is 18.0. The summed E-state index contributed by atoms with van der Waals surface area (Å²) >= 11 is 0. The summed E-state index contributed by atoms with van der Waals surface area (Å²) in [5.41, 5.74) is 0.458. The SMILES string of the molecule is CC[C@@H](C)CN(C)CCC(C)(OC)c1c(NC(=O)NCC(=O)NCCN2C(=O)C=CC2=O)cccc1OC. The Morgan fingerprint density at radius 1 is 1.13 bits per heavy atom. The molecule has 0 bridgehead atoms. The average Bonchev–Trinajstić information content (AvgIpc) is 3.22. The minimum atomic E-state index is -0.754. The quantitative estimate of drug-likeness (QED) is 0.296. The molecule has 0 saturated carbocycles. The van der Waals surface area contributed by atoms with Crippen molar-refractivity contribution in [2.75, 3.05) is 59.3 Å². The van der Waals surface area contributed by atoms with E-state index in [0.717, 1.165) is 24.4 Å². The predicted octanol–water partition coefficient (Wildman–Crippen LogP) is 2.09. The number of anilines is 1. The molecule has 1 aromatic carbocycles. The van der Waals surface area contributed by atoms with Crippen molar-refractivity contribution in [3.63, 3.8) is 0 Å². The second kappa shape index (κ2) is 14.5. The van der Waals surface area contributed by atoms with E-state index in [1.54, 1.807) is 26.4 Å². The fourth-order valence-electron chi connectivity index (χ4n) is 4.18. The Balaban J connectivity index is 1.99. The summed E-state index contributed by atoms with van der Waals surface area (Å²) < 4.78 is 11.6. The maximum atomic E-state index is 12.7. The zero-order chi connectivity index (χ0) is 28.3. The van der Waals surface area contributed by atoms with Crippen molar-refractivity contribution in [2.24, 2.45) is 5.92 Å². The lowest BCUT2D eigenvalue weighted by Gasteiger charge is -2.34. The van der Waals surface area contributed by atoms with Crippen LogP contribution in [0.5, 0.6) is 5.75 Å². The van der Waals surface area contributed by atoms with E-state index in [0.29, 0.717) is 29.3 Å². The lowest BCUT2D eigenvalue weighted by Crippen LogP contribution is -2.43. The van der Waals surface area contributed by atoms with Crippen LogP contribution in [0.3, 0.4) is 0 Å². The molecular weight excluding hydrogens is 490 g/mol. The molecule has 1 unspecified atom stereocenters. The maximum absolute atomic E-state index is 12.7. The number of carbonyl (C=O) groups is 4. The molecule has 38 heavy (non-hydrogen) atoms. The molecule has 1 aromatic rings. The molecule has 210 valence electrons. The number of hydrogen-bond donors (Lipinski definition) is 3. The van der Waals surface area contributed by atoms with E-state index in [-0.39, 0.29) is 19.6 Å². The molecule has 0 saturated heterocycles. The summed E-state index contributed by atoms with van der Waals surface area (Å²) in [7, 11) is 5.28. The number of rotatable bonds is 15. The monoisotopic (exact) mass is 531 g/mol. The molecule has 1 aliphatic rings. The standard InChI is InChI=1S/C27H41N5O6/c1-7-19(2)18-31(4)15-13-27(3,38-6)25-20(9-8-10-21(25)37-5)30-26(36)29-17-22(33)28-14-16-32-23(34)11-12-24(32)35/h8-12,19H,7,13-18H2,1-6H3,(H,28,33)(H2,29,30,36)/t19-,27?/m1/s1. The third kappa shape index (κ3) is 8.56. The highest BCUT2D eigenvalue weighted by Gasteiger charge is 2.33. The fraction of sp³-hybridized carbons (Fsp3) is 0.556. The summed E-state index contributed by atoms with van der Waals surface area (Å²) in [6.07, 6.45) is 4.13. The number of methoxy groups -OCH3 is 2. The van der Waals surface area contributed by atoms with E-state index in [1.165, 1.54) is 12.2 Å². The van der Waals surface area contributed by atoms with E-state index in [2.05, 4.69) is 41.7 Å². The molecule has 11 heteroatoms. The summed E-state index contributed by atoms with van der Waals surface area (Å²) in [5.74, 6) is -0.123. The van der Waals surface area contributed by atoms with Crippen molar-refractivity contribution in [2.45, 2.75) is 39.2 Å². The molecule has 0 spiro atoms. The molecule has 1 heterocycles. The number of imide groups is 1. The number of carbonyl (C=O) groups excluding carboxylic acids is 4. The number of urea groups is 1. The molecule has 2 atom stereocenters. The van der Waals surface area contributed by atoms with Crippen LogP contribution in [0.15, 0.2) is 30.4 Å². The van der Waals surface area contributed by atoms with Crippen molar-refractivity contribution in [3.05, 3.63) is 35.9 Å². The van der Waals surface area contributed by atoms with Crippen LogP contribution < -0.4 is 20.7 Å². The first kappa shape index (κ1) is 30.8. The highest BCUT2D eigenvalue weighted by Crippen LogP contribution is 2.40. The van der Waals surface area contributed by atoms with Gasteiger partial charge < -0.3 is 30.3 Å². The minimum absolute atomic E-state index is 0.0535. The summed E-state index contributed by atoms with van der Waals surface area (Å²) in [5, 5.41) is 7.92. The average molecular weight is 532 g/mol. The van der Waals surface area contributed by atoms with E-state index in [1.807, 2.05) is 13.0 Å². The predicted molar refractivity (Wildman–Crippen MR) is 145 cm³/mol. The summed E-state index contributed by atoms with van der Waals surface area (Å²) in [6, 6.07) is 4.77. The van der Waals surface area contributed by atoms with Crippen LogP contribution in [0.25, 0.3) is 0 Å². The molecule has 2 rings (SSSR count). The van der Waals surface area contributed by atoms with Gasteiger partial charge in [-0.1, -0.05) is 26.3 Å². The Kier molecular flexibility index (Phi) is 11.7. The molecule has 0 fully saturated rings. The van der Waals surface area contributed by atoms with Gasteiger partial charge in [-0.25, -0.2) is 4.79 Å². The molecule has 1 aliphatic heterocycles. The first-order valence-corrected chi connectivity index (χ1v) is 12.8. The zero-order valence-electron chi connectivity index (χ0n) is 23.3. The second-order valence-corrected chi connectivity index (χ2v) is 9.66. The molecule has 5 amide bonds. The third-order valence-electron chi connectivity index (χ3n) is 6.73. The highest BCUT2D eigenvalue weighted by atomic mass is 16.5. The number of ether oxygens (including phenoxy) is 2. The number of benzene rings is 1. The highest BCUT2D eigenvalue weighted by molar-refractivity contribution is 6.12. The Labute approximate surface area is 224 Å². The van der Waals surface area contributed by atoms with Crippen LogP contribution in [0.4, 0.5) is 10.5 Å². The zero-order valence-corrected chi connectivity index (χ0v) is 23.3. The Hall–Kier alpha value is -3.44. The van der Waals surface area contributed by atoms with Gasteiger partial charge in [0.25, 0.3) is 11.8 Å². The fourth-order valence-corrected chi connectivity index (χ4v) is 4.18. The van der Waals surface area contributed by atoms with E-state index >= 15 is 0 Å². The molecular formula is C27H41N5O6. The van der Waals surface area contributed by atoms with Crippen LogP contribution >= 0.6 is 0 Å². The molecule has 0 radical (unpaired) electrons. The topological polar surface area (TPSA) is 129 Å². The molecule has 11 nitrogen and oxygen atoms in total. The second-order valence-electron chi connectivity index (χ2n) is 9.66.